The van der Waals surface area contributed by atoms with E-state index in [4.69, 9.17) is 4.42 Å². The van der Waals surface area contributed by atoms with Gasteiger partial charge in [-0.2, -0.15) is 0 Å². The summed E-state index contributed by atoms with van der Waals surface area (Å²) in [6.45, 7) is 0.773. The van der Waals surface area contributed by atoms with Crippen LogP contribution in [0.4, 0.5) is 4.79 Å². The van der Waals surface area contributed by atoms with E-state index in [1.165, 1.54) is 0 Å². The number of furan rings is 1. The van der Waals surface area contributed by atoms with Crippen LogP contribution in [-0.2, 0) is 13.1 Å². The molecule has 98 valence electrons. The van der Waals surface area contributed by atoms with E-state index in [0.717, 1.165) is 16.4 Å². The van der Waals surface area contributed by atoms with Crippen molar-refractivity contribution < 1.29 is 9.21 Å². The van der Waals surface area contributed by atoms with Crippen LogP contribution >= 0.6 is 11.3 Å². The van der Waals surface area contributed by atoms with E-state index in [2.05, 4.69) is 15.6 Å². The minimum atomic E-state index is -0.243. The number of carbonyl (C=O) groups excluding carboxylic acids is 1. The molecule has 0 aromatic carbocycles. The normalized spacial score (nSPS) is 10.7. The van der Waals surface area contributed by atoms with Crippen molar-refractivity contribution >= 4 is 22.3 Å². The van der Waals surface area contributed by atoms with Crippen LogP contribution < -0.4 is 10.6 Å². The monoisotopic (exact) mass is 276 g/mol. The maximum absolute atomic E-state index is 11.6. The molecule has 2 N–H and O–H groups in total. The molecule has 2 amide bonds. The summed E-state index contributed by atoms with van der Waals surface area (Å²) in [4.78, 5) is 16.9. The van der Waals surface area contributed by atoms with E-state index in [9.17, 15) is 4.79 Å². The standard InChI is InChI=1S/C12H12N4O2S/c17-11(14-7-10-2-1-4-18-10)13-6-9-8-16-3-5-19-12(16)15-9/h1-5,8H,6-7H2,(H2,13,14,17). The molecule has 3 heterocycles. The third-order valence-electron chi connectivity index (χ3n) is 2.58. The van der Waals surface area contributed by atoms with Gasteiger partial charge in [-0.05, 0) is 12.1 Å². The third kappa shape index (κ3) is 2.76. The van der Waals surface area contributed by atoms with Gasteiger partial charge in [0.05, 0.1) is 25.0 Å². The van der Waals surface area contributed by atoms with Gasteiger partial charge in [0.25, 0.3) is 0 Å². The second-order valence-electron chi connectivity index (χ2n) is 3.94. The first-order valence-corrected chi connectivity index (χ1v) is 6.64. The Balaban J connectivity index is 1.49. The van der Waals surface area contributed by atoms with E-state index in [0.29, 0.717) is 13.1 Å². The number of hydrogen-bond acceptors (Lipinski definition) is 4. The van der Waals surface area contributed by atoms with Gasteiger partial charge >= 0.3 is 6.03 Å². The number of fused-ring (bicyclic) bond motifs is 1. The molecule has 0 saturated heterocycles. The smallest absolute Gasteiger partial charge is 0.315 e. The summed E-state index contributed by atoms with van der Waals surface area (Å²) in [5.74, 6) is 0.720. The number of thiazole rings is 1. The Morgan fingerprint density at radius 3 is 3.11 bits per heavy atom. The van der Waals surface area contributed by atoms with Gasteiger partial charge in [-0.25, -0.2) is 9.78 Å². The lowest BCUT2D eigenvalue weighted by Crippen LogP contribution is -2.34. The number of nitrogens with one attached hydrogen (secondary N) is 2. The van der Waals surface area contributed by atoms with E-state index in [1.54, 1.807) is 23.7 Å². The number of aromatic nitrogens is 2. The van der Waals surface area contributed by atoms with Crippen molar-refractivity contribution in [3.8, 4) is 0 Å². The number of hydrogen-bond donors (Lipinski definition) is 2. The van der Waals surface area contributed by atoms with Crippen molar-refractivity contribution in [1.82, 2.24) is 20.0 Å². The van der Waals surface area contributed by atoms with Crippen LogP contribution in [0.15, 0.2) is 40.6 Å². The molecular formula is C12H12N4O2S. The SMILES string of the molecule is O=C(NCc1cn2ccsc2n1)NCc1ccco1. The highest BCUT2D eigenvalue weighted by molar-refractivity contribution is 7.15. The van der Waals surface area contributed by atoms with E-state index < -0.39 is 0 Å². The molecule has 0 fully saturated rings. The molecule has 3 aromatic rings. The fourth-order valence-electron chi connectivity index (χ4n) is 1.68. The van der Waals surface area contributed by atoms with Crippen molar-refractivity contribution in [3.05, 3.63) is 47.6 Å². The van der Waals surface area contributed by atoms with Crippen molar-refractivity contribution in [3.63, 3.8) is 0 Å². The Labute approximate surface area is 113 Å². The molecule has 0 atom stereocenters. The molecular weight excluding hydrogens is 264 g/mol. The first-order chi connectivity index (χ1) is 9.31. The molecule has 0 spiro atoms. The fraction of sp³-hybridized carbons (Fsp3) is 0.167. The van der Waals surface area contributed by atoms with E-state index >= 15 is 0 Å². The predicted molar refractivity (Wildman–Crippen MR) is 70.9 cm³/mol. The van der Waals surface area contributed by atoms with Crippen LogP contribution in [0.1, 0.15) is 11.5 Å². The van der Waals surface area contributed by atoms with Crippen LogP contribution in [0.2, 0.25) is 0 Å². The van der Waals surface area contributed by atoms with Gasteiger partial charge in [0.15, 0.2) is 4.96 Å². The zero-order chi connectivity index (χ0) is 13.1. The van der Waals surface area contributed by atoms with Gasteiger partial charge in [0.2, 0.25) is 0 Å². The highest BCUT2D eigenvalue weighted by atomic mass is 32.1. The zero-order valence-corrected chi connectivity index (χ0v) is 10.8. The molecule has 3 rings (SSSR count). The Kier molecular flexibility index (Phi) is 3.20. The molecule has 0 aliphatic heterocycles. The average Bonchev–Trinajstić information content (AvgIpc) is 3.09. The van der Waals surface area contributed by atoms with Crippen molar-refractivity contribution in [2.45, 2.75) is 13.1 Å². The summed E-state index contributed by atoms with van der Waals surface area (Å²) in [7, 11) is 0. The summed E-state index contributed by atoms with van der Waals surface area (Å²) in [5.41, 5.74) is 0.833. The van der Waals surface area contributed by atoms with Crippen LogP contribution in [0, 0.1) is 0 Å². The maximum atomic E-state index is 11.6. The number of nitrogens with zero attached hydrogens (tertiary/aromatic N) is 2. The van der Waals surface area contributed by atoms with Crippen LogP contribution in [0.5, 0.6) is 0 Å². The predicted octanol–water partition coefficient (Wildman–Crippen LogP) is 1.99. The van der Waals surface area contributed by atoms with Crippen LogP contribution in [0.25, 0.3) is 4.96 Å². The number of amides is 2. The second-order valence-corrected chi connectivity index (χ2v) is 4.81. The lowest BCUT2D eigenvalue weighted by atomic mass is 10.4. The molecule has 0 radical (unpaired) electrons. The largest absolute Gasteiger partial charge is 0.467 e. The lowest BCUT2D eigenvalue weighted by Gasteiger charge is -2.04. The highest BCUT2D eigenvalue weighted by Crippen LogP contribution is 2.10. The lowest BCUT2D eigenvalue weighted by molar-refractivity contribution is 0.239. The highest BCUT2D eigenvalue weighted by Gasteiger charge is 2.05. The molecule has 0 saturated carbocycles. The average molecular weight is 276 g/mol. The molecule has 0 aliphatic carbocycles. The van der Waals surface area contributed by atoms with Gasteiger partial charge in [0, 0.05) is 17.8 Å². The first-order valence-electron chi connectivity index (χ1n) is 5.76. The first kappa shape index (κ1) is 11.8. The molecule has 3 aromatic heterocycles. The summed E-state index contributed by atoms with van der Waals surface area (Å²) < 4.78 is 7.05. The zero-order valence-electron chi connectivity index (χ0n) is 10.00. The summed E-state index contributed by atoms with van der Waals surface area (Å²) in [6.07, 6.45) is 5.42. The Morgan fingerprint density at radius 1 is 1.42 bits per heavy atom. The number of rotatable bonds is 4. The van der Waals surface area contributed by atoms with Crippen LogP contribution in [0.3, 0.4) is 0 Å². The molecule has 6 nitrogen and oxygen atoms in total. The van der Waals surface area contributed by atoms with Gasteiger partial charge in [-0.3, -0.25) is 4.40 Å². The van der Waals surface area contributed by atoms with Gasteiger partial charge in [-0.15, -0.1) is 11.3 Å². The molecule has 7 heteroatoms. The maximum Gasteiger partial charge on any atom is 0.315 e. The number of imidazole rings is 1. The minimum absolute atomic E-state index is 0.243. The Morgan fingerprint density at radius 2 is 2.32 bits per heavy atom. The summed E-state index contributed by atoms with van der Waals surface area (Å²) in [5, 5.41) is 7.42. The fourth-order valence-corrected chi connectivity index (χ4v) is 2.39. The van der Waals surface area contributed by atoms with Gasteiger partial charge in [0.1, 0.15) is 5.76 Å². The summed E-state index contributed by atoms with van der Waals surface area (Å²) >= 11 is 1.56. The number of urea groups is 1. The number of carbonyl (C=O) groups is 1. The Hall–Kier alpha value is -2.28. The van der Waals surface area contributed by atoms with E-state index in [1.807, 2.05) is 28.2 Å². The Bertz CT molecular complexity index is 642. The van der Waals surface area contributed by atoms with Gasteiger partial charge < -0.3 is 15.1 Å². The molecule has 0 bridgehead atoms. The van der Waals surface area contributed by atoms with Crippen molar-refractivity contribution in [1.29, 1.82) is 0 Å². The molecule has 0 unspecified atom stereocenters. The summed E-state index contributed by atoms with van der Waals surface area (Å²) in [6, 6.07) is 3.35. The van der Waals surface area contributed by atoms with Crippen molar-refractivity contribution in [2.24, 2.45) is 0 Å². The second kappa shape index (κ2) is 5.15. The van der Waals surface area contributed by atoms with Crippen LogP contribution in [-0.4, -0.2) is 15.4 Å². The van der Waals surface area contributed by atoms with Crippen molar-refractivity contribution in [2.75, 3.05) is 0 Å². The minimum Gasteiger partial charge on any atom is -0.467 e. The molecule has 0 aliphatic rings. The molecule has 19 heavy (non-hydrogen) atoms. The topological polar surface area (TPSA) is 71.6 Å². The van der Waals surface area contributed by atoms with E-state index in [-0.39, 0.29) is 6.03 Å². The third-order valence-corrected chi connectivity index (χ3v) is 3.35. The quantitative estimate of drug-likeness (QED) is 0.765. The van der Waals surface area contributed by atoms with Gasteiger partial charge in [-0.1, -0.05) is 0 Å².